The van der Waals surface area contributed by atoms with Crippen LogP contribution in [0.15, 0.2) is 18.2 Å². The highest BCUT2D eigenvalue weighted by molar-refractivity contribution is 5.95. The summed E-state index contributed by atoms with van der Waals surface area (Å²) in [5, 5.41) is 5.16. The molecule has 0 bridgehead atoms. The molecule has 2 N–H and O–H groups in total. The van der Waals surface area contributed by atoms with Gasteiger partial charge in [-0.2, -0.15) is 13.2 Å². The summed E-state index contributed by atoms with van der Waals surface area (Å²) in [6.07, 6.45) is -4.59. The van der Waals surface area contributed by atoms with E-state index in [2.05, 4.69) is 10.6 Å². The number of ether oxygens (including phenoxy) is 2. The molecule has 0 saturated carbocycles. The number of rotatable bonds is 3. The highest BCUT2D eigenvalue weighted by atomic mass is 19.4. The van der Waals surface area contributed by atoms with Gasteiger partial charge < -0.3 is 20.1 Å². The molecule has 0 aromatic heterocycles. The van der Waals surface area contributed by atoms with E-state index in [1.807, 2.05) is 0 Å². The van der Waals surface area contributed by atoms with Crippen molar-refractivity contribution in [1.82, 2.24) is 5.32 Å². The molecule has 1 amide bonds. The number of hydrogen-bond acceptors (Lipinski definition) is 4. The molecule has 21 heavy (non-hydrogen) atoms. The lowest BCUT2D eigenvalue weighted by Gasteiger charge is -2.23. The zero-order valence-corrected chi connectivity index (χ0v) is 11.3. The van der Waals surface area contributed by atoms with E-state index in [-0.39, 0.29) is 18.0 Å². The average Bonchev–Trinajstić information content (AvgIpc) is 2.47. The minimum Gasteiger partial charge on any atom is -0.497 e. The van der Waals surface area contributed by atoms with Crippen molar-refractivity contribution in [2.75, 3.05) is 32.2 Å². The van der Waals surface area contributed by atoms with Crippen molar-refractivity contribution >= 4 is 11.6 Å². The first kappa shape index (κ1) is 15.6. The first-order valence-corrected chi connectivity index (χ1v) is 6.29. The molecule has 5 nitrogen and oxygen atoms in total. The van der Waals surface area contributed by atoms with E-state index in [0.29, 0.717) is 13.2 Å². The van der Waals surface area contributed by atoms with Gasteiger partial charge in [-0.3, -0.25) is 4.79 Å². The SMILES string of the molecule is COc1ccc(NC(=O)C2COCCN2)c(C(F)(F)F)c1. The molecular formula is C13H15F3N2O3. The second-order valence-electron chi connectivity index (χ2n) is 4.48. The van der Waals surface area contributed by atoms with Crippen LogP contribution in [0.4, 0.5) is 18.9 Å². The van der Waals surface area contributed by atoms with Gasteiger partial charge in [0, 0.05) is 6.54 Å². The van der Waals surface area contributed by atoms with E-state index in [1.165, 1.54) is 19.2 Å². The molecule has 1 unspecified atom stereocenters. The highest BCUT2D eigenvalue weighted by Gasteiger charge is 2.35. The topological polar surface area (TPSA) is 59.6 Å². The first-order chi connectivity index (χ1) is 9.91. The number of carbonyl (C=O) groups excluding carboxylic acids is 1. The van der Waals surface area contributed by atoms with E-state index in [4.69, 9.17) is 9.47 Å². The Bertz CT molecular complexity index is 514. The van der Waals surface area contributed by atoms with Crippen molar-refractivity contribution < 1.29 is 27.4 Å². The lowest BCUT2D eigenvalue weighted by Crippen LogP contribution is -2.49. The standard InChI is InChI=1S/C13H15F3N2O3/c1-20-8-2-3-10(9(6-8)13(14,15)16)18-12(19)11-7-21-5-4-17-11/h2-3,6,11,17H,4-5,7H2,1H3,(H,18,19). The summed E-state index contributed by atoms with van der Waals surface area (Å²) >= 11 is 0. The van der Waals surface area contributed by atoms with E-state index in [1.54, 1.807) is 0 Å². The van der Waals surface area contributed by atoms with Crippen LogP contribution in [0.5, 0.6) is 5.75 Å². The highest BCUT2D eigenvalue weighted by Crippen LogP contribution is 2.37. The van der Waals surface area contributed by atoms with Gasteiger partial charge in [0.25, 0.3) is 0 Å². The fourth-order valence-electron chi connectivity index (χ4n) is 1.95. The second-order valence-corrected chi connectivity index (χ2v) is 4.48. The van der Waals surface area contributed by atoms with Gasteiger partial charge in [-0.1, -0.05) is 0 Å². The normalized spacial score (nSPS) is 19.1. The van der Waals surface area contributed by atoms with Crippen LogP contribution in [0, 0.1) is 0 Å². The van der Waals surface area contributed by atoms with E-state index >= 15 is 0 Å². The first-order valence-electron chi connectivity index (χ1n) is 6.29. The molecule has 1 aromatic rings. The summed E-state index contributed by atoms with van der Waals surface area (Å²) in [4.78, 5) is 11.9. The van der Waals surface area contributed by atoms with Crippen molar-refractivity contribution in [3.8, 4) is 5.75 Å². The van der Waals surface area contributed by atoms with Crippen LogP contribution in [0.25, 0.3) is 0 Å². The molecule has 0 spiro atoms. The molecule has 1 heterocycles. The Labute approximate surface area is 119 Å². The van der Waals surface area contributed by atoms with Gasteiger partial charge in [0.1, 0.15) is 11.8 Å². The number of amides is 1. The molecule has 1 fully saturated rings. The fourth-order valence-corrected chi connectivity index (χ4v) is 1.95. The monoisotopic (exact) mass is 304 g/mol. The maximum atomic E-state index is 13.0. The van der Waals surface area contributed by atoms with Crippen LogP contribution in [-0.2, 0) is 15.7 Å². The number of alkyl halides is 3. The third kappa shape index (κ3) is 3.85. The van der Waals surface area contributed by atoms with Gasteiger partial charge in [-0.25, -0.2) is 0 Å². The summed E-state index contributed by atoms with van der Waals surface area (Å²) in [6.45, 7) is 1.08. The smallest absolute Gasteiger partial charge is 0.418 e. The van der Waals surface area contributed by atoms with Gasteiger partial charge in [-0.05, 0) is 18.2 Å². The molecule has 1 saturated heterocycles. The lowest BCUT2D eigenvalue weighted by molar-refractivity contribution is -0.137. The predicted molar refractivity (Wildman–Crippen MR) is 69.2 cm³/mol. The zero-order valence-electron chi connectivity index (χ0n) is 11.3. The number of halogens is 3. The molecule has 1 aliphatic heterocycles. The molecule has 0 aliphatic carbocycles. The Hall–Kier alpha value is -1.80. The quantitative estimate of drug-likeness (QED) is 0.891. The summed E-state index contributed by atoms with van der Waals surface area (Å²) in [5.74, 6) is -0.496. The molecule has 0 radical (unpaired) electrons. The van der Waals surface area contributed by atoms with Gasteiger partial charge in [0.15, 0.2) is 0 Å². The number of carbonyl (C=O) groups is 1. The van der Waals surface area contributed by atoms with Gasteiger partial charge >= 0.3 is 6.18 Å². The Balaban J connectivity index is 2.20. The van der Waals surface area contributed by atoms with Crippen LogP contribution < -0.4 is 15.4 Å². The van der Waals surface area contributed by atoms with E-state index < -0.39 is 23.7 Å². The van der Waals surface area contributed by atoms with Crippen LogP contribution >= 0.6 is 0 Å². The Morgan fingerprint density at radius 1 is 1.48 bits per heavy atom. The molecule has 2 rings (SSSR count). The van der Waals surface area contributed by atoms with Crippen LogP contribution in [-0.4, -0.2) is 38.8 Å². The van der Waals surface area contributed by atoms with Gasteiger partial charge in [0.05, 0.1) is 31.6 Å². The van der Waals surface area contributed by atoms with Crippen molar-refractivity contribution in [2.45, 2.75) is 12.2 Å². The van der Waals surface area contributed by atoms with Crippen molar-refractivity contribution in [1.29, 1.82) is 0 Å². The van der Waals surface area contributed by atoms with Crippen molar-refractivity contribution in [3.05, 3.63) is 23.8 Å². The number of hydrogen-bond donors (Lipinski definition) is 2. The Morgan fingerprint density at radius 2 is 2.24 bits per heavy atom. The summed E-state index contributed by atoms with van der Waals surface area (Å²) in [6, 6.07) is 2.71. The molecule has 1 aliphatic rings. The molecule has 1 atom stereocenters. The predicted octanol–water partition coefficient (Wildman–Crippen LogP) is 1.64. The largest absolute Gasteiger partial charge is 0.497 e. The van der Waals surface area contributed by atoms with Crippen molar-refractivity contribution in [3.63, 3.8) is 0 Å². The van der Waals surface area contributed by atoms with Crippen LogP contribution in [0.3, 0.4) is 0 Å². The minimum atomic E-state index is -4.59. The lowest BCUT2D eigenvalue weighted by atomic mass is 10.1. The average molecular weight is 304 g/mol. The van der Waals surface area contributed by atoms with Gasteiger partial charge in [-0.15, -0.1) is 0 Å². The van der Waals surface area contributed by atoms with E-state index in [0.717, 1.165) is 6.07 Å². The molecule has 8 heteroatoms. The third-order valence-corrected chi connectivity index (χ3v) is 3.03. The fraction of sp³-hybridized carbons (Fsp3) is 0.462. The minimum absolute atomic E-state index is 0.0689. The maximum absolute atomic E-state index is 13.0. The maximum Gasteiger partial charge on any atom is 0.418 e. The Morgan fingerprint density at radius 3 is 2.81 bits per heavy atom. The molecule has 116 valence electrons. The Kier molecular flexibility index (Phi) is 4.69. The van der Waals surface area contributed by atoms with E-state index in [9.17, 15) is 18.0 Å². The number of methoxy groups -OCH3 is 1. The summed E-state index contributed by atoms with van der Waals surface area (Å²) in [7, 11) is 1.27. The number of benzene rings is 1. The molecule has 1 aromatic carbocycles. The van der Waals surface area contributed by atoms with Crippen LogP contribution in [0.1, 0.15) is 5.56 Å². The van der Waals surface area contributed by atoms with Gasteiger partial charge in [0.2, 0.25) is 5.91 Å². The van der Waals surface area contributed by atoms with Crippen LogP contribution in [0.2, 0.25) is 0 Å². The summed E-state index contributed by atoms with van der Waals surface area (Å²) in [5.41, 5.74) is -1.26. The molecular weight excluding hydrogens is 289 g/mol. The number of anilines is 1. The van der Waals surface area contributed by atoms with Crippen molar-refractivity contribution in [2.24, 2.45) is 0 Å². The summed E-state index contributed by atoms with van der Waals surface area (Å²) < 4.78 is 48.9. The second kappa shape index (κ2) is 6.31. The third-order valence-electron chi connectivity index (χ3n) is 3.03. The number of nitrogens with one attached hydrogen (secondary N) is 2. The zero-order chi connectivity index (χ0) is 15.5. The number of morpholine rings is 1.